The van der Waals surface area contributed by atoms with Crippen LogP contribution in [0.3, 0.4) is 0 Å². The van der Waals surface area contributed by atoms with Crippen molar-refractivity contribution in [2.24, 2.45) is 5.73 Å². The Bertz CT molecular complexity index is 194. The molecule has 0 aromatic rings. The van der Waals surface area contributed by atoms with Gasteiger partial charge in [-0.15, -0.1) is 0 Å². The van der Waals surface area contributed by atoms with Crippen molar-refractivity contribution >= 4 is 0 Å². The smallest absolute Gasteiger partial charge is 0.125 e. The van der Waals surface area contributed by atoms with Gasteiger partial charge in [0.1, 0.15) is 5.67 Å². The highest BCUT2D eigenvalue weighted by molar-refractivity contribution is 4.94. The summed E-state index contributed by atoms with van der Waals surface area (Å²) in [7, 11) is 0. The molecule has 1 aliphatic heterocycles. The van der Waals surface area contributed by atoms with Crippen molar-refractivity contribution in [1.82, 2.24) is 10.6 Å². The van der Waals surface area contributed by atoms with E-state index < -0.39 is 5.67 Å². The van der Waals surface area contributed by atoms with Gasteiger partial charge < -0.3 is 16.4 Å². The van der Waals surface area contributed by atoms with Crippen molar-refractivity contribution in [2.75, 3.05) is 19.6 Å². The molecule has 2 aliphatic rings. The molecule has 4 N–H and O–H groups in total. The van der Waals surface area contributed by atoms with Crippen LogP contribution in [0.2, 0.25) is 0 Å². The van der Waals surface area contributed by atoms with Crippen LogP contribution in [0.5, 0.6) is 0 Å². The molecule has 0 spiro atoms. The summed E-state index contributed by atoms with van der Waals surface area (Å²) in [6.07, 6.45) is 3.10. The third-order valence-corrected chi connectivity index (χ3v) is 3.36. The number of nitrogens with one attached hydrogen (secondary N) is 2. The molecule has 2 fully saturated rings. The van der Waals surface area contributed by atoms with Crippen LogP contribution < -0.4 is 16.4 Å². The Hall–Kier alpha value is -0.190. The van der Waals surface area contributed by atoms with E-state index in [1.807, 2.05) is 0 Å². The molecule has 3 nitrogen and oxygen atoms in total. The Kier molecular flexibility index (Phi) is 3.04. The molecular weight excluding hydrogens is 181 g/mol. The second-order valence-corrected chi connectivity index (χ2v) is 4.72. The quantitative estimate of drug-likeness (QED) is 0.609. The fraction of sp³-hybridized carbons (Fsp3) is 1.00. The zero-order chi connectivity index (χ0) is 10.0. The minimum atomic E-state index is -1.04. The topological polar surface area (TPSA) is 50.1 Å². The number of rotatable bonds is 3. The van der Waals surface area contributed by atoms with Crippen molar-refractivity contribution < 1.29 is 4.39 Å². The van der Waals surface area contributed by atoms with Gasteiger partial charge in [0, 0.05) is 25.2 Å². The van der Waals surface area contributed by atoms with Gasteiger partial charge in [-0.05, 0) is 32.2 Å². The number of hydrogen-bond donors (Lipinski definition) is 3. The van der Waals surface area contributed by atoms with Gasteiger partial charge in [-0.2, -0.15) is 0 Å². The fourth-order valence-corrected chi connectivity index (χ4v) is 2.43. The molecule has 0 amide bonds. The third kappa shape index (κ3) is 2.43. The molecule has 0 radical (unpaired) electrons. The van der Waals surface area contributed by atoms with Crippen molar-refractivity contribution in [3.05, 3.63) is 0 Å². The lowest BCUT2D eigenvalue weighted by atomic mass is 10.0. The van der Waals surface area contributed by atoms with Crippen molar-refractivity contribution in [3.8, 4) is 0 Å². The summed E-state index contributed by atoms with van der Waals surface area (Å²) in [5, 5.41) is 6.55. The van der Waals surface area contributed by atoms with Crippen LogP contribution in [0, 0.1) is 0 Å². The summed E-state index contributed by atoms with van der Waals surface area (Å²) in [6, 6.07) is 0.531. The van der Waals surface area contributed by atoms with Gasteiger partial charge in [0.05, 0.1) is 0 Å². The van der Waals surface area contributed by atoms with E-state index in [0.717, 1.165) is 25.9 Å². The summed E-state index contributed by atoms with van der Waals surface area (Å²) >= 11 is 0. The fourth-order valence-electron chi connectivity index (χ4n) is 2.43. The van der Waals surface area contributed by atoms with Crippen LogP contribution in [-0.2, 0) is 0 Å². The molecular formula is C10H20FN3. The van der Waals surface area contributed by atoms with E-state index in [1.165, 1.54) is 0 Å². The van der Waals surface area contributed by atoms with E-state index in [4.69, 9.17) is 5.73 Å². The van der Waals surface area contributed by atoms with Crippen LogP contribution in [0.4, 0.5) is 4.39 Å². The van der Waals surface area contributed by atoms with Gasteiger partial charge in [0.25, 0.3) is 0 Å². The highest BCUT2D eigenvalue weighted by Crippen LogP contribution is 2.32. The maximum atomic E-state index is 14.1. The van der Waals surface area contributed by atoms with Gasteiger partial charge in [-0.25, -0.2) is 4.39 Å². The maximum absolute atomic E-state index is 14.1. The zero-order valence-corrected chi connectivity index (χ0v) is 8.56. The SMILES string of the molecule is NC1CCC(F)(CNC2CCNC2)C1. The minimum Gasteiger partial charge on any atom is -0.328 e. The summed E-state index contributed by atoms with van der Waals surface area (Å²) in [4.78, 5) is 0. The van der Waals surface area contributed by atoms with E-state index in [-0.39, 0.29) is 6.04 Å². The van der Waals surface area contributed by atoms with Gasteiger partial charge in [-0.1, -0.05) is 0 Å². The molecule has 1 saturated heterocycles. The van der Waals surface area contributed by atoms with E-state index in [2.05, 4.69) is 10.6 Å². The molecule has 82 valence electrons. The second kappa shape index (κ2) is 4.13. The third-order valence-electron chi connectivity index (χ3n) is 3.36. The molecule has 0 aromatic heterocycles. The number of halogens is 1. The van der Waals surface area contributed by atoms with Crippen LogP contribution in [0.15, 0.2) is 0 Å². The first kappa shape index (κ1) is 10.3. The van der Waals surface area contributed by atoms with E-state index in [9.17, 15) is 4.39 Å². The predicted octanol–water partition coefficient (Wildman–Crippen LogP) is 0.157. The molecule has 4 heteroatoms. The first-order chi connectivity index (χ1) is 6.68. The molecule has 1 heterocycles. The van der Waals surface area contributed by atoms with Gasteiger partial charge >= 0.3 is 0 Å². The van der Waals surface area contributed by atoms with Crippen LogP contribution in [0.25, 0.3) is 0 Å². The molecule has 1 saturated carbocycles. The first-order valence-electron chi connectivity index (χ1n) is 5.57. The maximum Gasteiger partial charge on any atom is 0.125 e. The largest absolute Gasteiger partial charge is 0.328 e. The monoisotopic (exact) mass is 201 g/mol. The Morgan fingerprint density at radius 2 is 2.36 bits per heavy atom. The average Bonchev–Trinajstić information content (AvgIpc) is 2.73. The van der Waals surface area contributed by atoms with Crippen LogP contribution >= 0.6 is 0 Å². The van der Waals surface area contributed by atoms with Crippen molar-refractivity contribution in [2.45, 2.75) is 43.4 Å². The van der Waals surface area contributed by atoms with E-state index >= 15 is 0 Å². The standard InChI is InChI=1S/C10H20FN3/c11-10(3-1-8(12)5-10)7-14-9-2-4-13-6-9/h8-9,13-14H,1-7,12H2. The first-order valence-corrected chi connectivity index (χ1v) is 5.57. The lowest BCUT2D eigenvalue weighted by molar-refractivity contribution is 0.161. The summed E-state index contributed by atoms with van der Waals surface area (Å²) < 4.78 is 14.1. The van der Waals surface area contributed by atoms with Crippen LogP contribution in [-0.4, -0.2) is 37.4 Å². The molecule has 3 atom stereocenters. The molecule has 14 heavy (non-hydrogen) atoms. The highest BCUT2D eigenvalue weighted by atomic mass is 19.1. The Morgan fingerprint density at radius 1 is 1.50 bits per heavy atom. The van der Waals surface area contributed by atoms with E-state index in [1.54, 1.807) is 0 Å². The molecule has 0 aromatic carbocycles. The predicted molar refractivity (Wildman–Crippen MR) is 54.9 cm³/mol. The Balaban J connectivity index is 1.73. The molecule has 0 bridgehead atoms. The summed E-state index contributed by atoms with van der Waals surface area (Å²) in [5.41, 5.74) is 4.67. The van der Waals surface area contributed by atoms with Gasteiger partial charge in [0.15, 0.2) is 0 Å². The Labute approximate surface area is 84.6 Å². The van der Waals surface area contributed by atoms with Gasteiger partial charge in [-0.3, -0.25) is 0 Å². The zero-order valence-electron chi connectivity index (χ0n) is 8.56. The second-order valence-electron chi connectivity index (χ2n) is 4.72. The minimum absolute atomic E-state index is 0.0727. The Morgan fingerprint density at radius 3 is 2.93 bits per heavy atom. The number of nitrogens with two attached hydrogens (primary N) is 1. The molecule has 1 aliphatic carbocycles. The highest BCUT2D eigenvalue weighted by Gasteiger charge is 2.38. The van der Waals surface area contributed by atoms with Gasteiger partial charge in [0.2, 0.25) is 0 Å². The molecule has 3 unspecified atom stereocenters. The number of hydrogen-bond acceptors (Lipinski definition) is 3. The normalized spacial score (nSPS) is 43.3. The lowest BCUT2D eigenvalue weighted by Crippen LogP contribution is -2.41. The van der Waals surface area contributed by atoms with E-state index in [0.29, 0.717) is 25.4 Å². The number of alkyl halides is 1. The van der Waals surface area contributed by atoms with Crippen molar-refractivity contribution in [3.63, 3.8) is 0 Å². The van der Waals surface area contributed by atoms with Crippen LogP contribution in [0.1, 0.15) is 25.7 Å². The lowest BCUT2D eigenvalue weighted by Gasteiger charge is -2.22. The van der Waals surface area contributed by atoms with Crippen molar-refractivity contribution in [1.29, 1.82) is 0 Å². The average molecular weight is 201 g/mol. The molecule has 2 rings (SSSR count). The summed E-state index contributed by atoms with van der Waals surface area (Å²) in [5.74, 6) is 0. The summed E-state index contributed by atoms with van der Waals surface area (Å²) in [6.45, 7) is 2.51.